The molecule has 4 saturated carbocycles. The Hall–Kier alpha value is -0.930. The van der Waals surface area contributed by atoms with Gasteiger partial charge in [-0.1, -0.05) is 6.07 Å². The number of pyridine rings is 1. The molecule has 4 bridgehead atoms. The van der Waals surface area contributed by atoms with E-state index >= 15 is 0 Å². The molecule has 1 aromatic heterocycles. The lowest BCUT2D eigenvalue weighted by Gasteiger charge is -2.60. The van der Waals surface area contributed by atoms with E-state index in [0.29, 0.717) is 0 Å². The molecule has 4 aliphatic rings. The van der Waals surface area contributed by atoms with Crippen molar-refractivity contribution in [2.24, 2.45) is 11.8 Å². The van der Waals surface area contributed by atoms with Crippen molar-refractivity contribution in [3.8, 4) is 0 Å². The van der Waals surface area contributed by atoms with Gasteiger partial charge in [-0.15, -0.1) is 0 Å². The van der Waals surface area contributed by atoms with Gasteiger partial charge in [-0.25, -0.2) is 0 Å². The summed E-state index contributed by atoms with van der Waals surface area (Å²) in [7, 11) is 0. The van der Waals surface area contributed by atoms with Gasteiger partial charge in [-0.3, -0.25) is 4.98 Å². The first kappa shape index (κ1) is 11.9. The second-order valence-electron chi connectivity index (χ2n) is 7.18. The van der Waals surface area contributed by atoms with Crippen LogP contribution >= 0.6 is 0 Å². The van der Waals surface area contributed by atoms with Gasteiger partial charge in [0.05, 0.1) is 5.60 Å². The van der Waals surface area contributed by atoms with Crippen molar-refractivity contribution < 1.29 is 5.11 Å². The highest BCUT2D eigenvalue weighted by molar-refractivity contribution is 5.14. The van der Waals surface area contributed by atoms with Crippen molar-refractivity contribution >= 4 is 0 Å². The maximum Gasteiger partial charge on any atom is 0.0670 e. The van der Waals surface area contributed by atoms with Crippen molar-refractivity contribution in [1.82, 2.24) is 10.3 Å². The van der Waals surface area contributed by atoms with Crippen LogP contribution in [0.4, 0.5) is 0 Å². The van der Waals surface area contributed by atoms with Crippen LogP contribution in [0.25, 0.3) is 0 Å². The molecule has 102 valence electrons. The number of rotatable bonds is 3. The van der Waals surface area contributed by atoms with Gasteiger partial charge in [0.15, 0.2) is 0 Å². The number of hydrogen-bond acceptors (Lipinski definition) is 3. The van der Waals surface area contributed by atoms with Gasteiger partial charge >= 0.3 is 0 Å². The van der Waals surface area contributed by atoms with E-state index in [0.717, 1.165) is 37.6 Å². The molecule has 1 heterocycles. The molecule has 0 spiro atoms. The molecule has 0 saturated heterocycles. The molecule has 3 nitrogen and oxygen atoms in total. The summed E-state index contributed by atoms with van der Waals surface area (Å²) in [5.41, 5.74) is 1.06. The third-order valence-corrected chi connectivity index (χ3v) is 5.42. The molecule has 2 N–H and O–H groups in total. The minimum atomic E-state index is -0.369. The SMILES string of the molecule is OC12C[C@H]3C[C@H](C1)CC(NCc1cccnc1)(C3)C2. The molecule has 1 aromatic rings. The van der Waals surface area contributed by atoms with E-state index in [4.69, 9.17) is 0 Å². The number of nitrogens with zero attached hydrogens (tertiary/aromatic N) is 1. The second-order valence-corrected chi connectivity index (χ2v) is 7.18. The van der Waals surface area contributed by atoms with Gasteiger partial charge in [-0.2, -0.15) is 0 Å². The van der Waals surface area contributed by atoms with E-state index < -0.39 is 0 Å². The molecular weight excluding hydrogens is 236 g/mol. The van der Waals surface area contributed by atoms with E-state index in [-0.39, 0.29) is 11.1 Å². The zero-order chi connectivity index (χ0) is 12.9. The van der Waals surface area contributed by atoms with Gasteiger partial charge in [0.2, 0.25) is 0 Å². The third-order valence-electron chi connectivity index (χ3n) is 5.42. The maximum atomic E-state index is 10.7. The standard InChI is InChI=1S/C16H22N2O/c19-16-7-13-4-14(8-16)6-15(5-13,11-16)18-10-12-2-1-3-17-9-12/h1-3,9,13-14,18-19H,4-8,10-11H2/t13-,14-,15?,16?/m0/s1. The van der Waals surface area contributed by atoms with Crippen LogP contribution in [0, 0.1) is 11.8 Å². The van der Waals surface area contributed by atoms with Crippen molar-refractivity contribution in [1.29, 1.82) is 0 Å². The fourth-order valence-electron chi connectivity index (χ4n) is 5.21. The third kappa shape index (κ3) is 2.09. The van der Waals surface area contributed by atoms with Crippen molar-refractivity contribution in [3.63, 3.8) is 0 Å². The molecule has 0 aliphatic heterocycles. The first-order valence-electron chi connectivity index (χ1n) is 7.51. The number of aromatic nitrogens is 1. The molecule has 3 heteroatoms. The summed E-state index contributed by atoms with van der Waals surface area (Å²) in [4.78, 5) is 4.17. The molecule has 0 unspecified atom stereocenters. The summed E-state index contributed by atoms with van der Waals surface area (Å²) in [5.74, 6) is 1.49. The molecule has 5 rings (SSSR count). The van der Waals surface area contributed by atoms with Gasteiger partial charge in [-0.05, 0) is 62.0 Å². The Bertz CT molecular complexity index is 459. The van der Waals surface area contributed by atoms with Crippen LogP contribution in [0.5, 0.6) is 0 Å². The predicted molar refractivity (Wildman–Crippen MR) is 73.4 cm³/mol. The van der Waals surface area contributed by atoms with Crippen LogP contribution < -0.4 is 5.32 Å². The normalized spacial score (nSPS) is 43.6. The van der Waals surface area contributed by atoms with E-state index in [1.165, 1.54) is 24.8 Å². The summed E-state index contributed by atoms with van der Waals surface area (Å²) >= 11 is 0. The minimum absolute atomic E-state index is 0.189. The monoisotopic (exact) mass is 258 g/mol. The van der Waals surface area contributed by atoms with Crippen molar-refractivity contribution in [2.75, 3.05) is 0 Å². The highest BCUT2D eigenvalue weighted by Gasteiger charge is 2.56. The van der Waals surface area contributed by atoms with E-state index in [1.807, 2.05) is 18.5 Å². The summed E-state index contributed by atoms with van der Waals surface area (Å²) in [6.07, 6.45) is 10.6. The smallest absolute Gasteiger partial charge is 0.0670 e. The van der Waals surface area contributed by atoms with E-state index in [2.05, 4.69) is 16.4 Å². The maximum absolute atomic E-state index is 10.7. The molecule has 4 fully saturated rings. The highest BCUT2D eigenvalue weighted by Crippen LogP contribution is 2.57. The second kappa shape index (κ2) is 4.03. The topological polar surface area (TPSA) is 45.1 Å². The molecule has 0 aromatic carbocycles. The van der Waals surface area contributed by atoms with Gasteiger partial charge in [0.1, 0.15) is 0 Å². The van der Waals surface area contributed by atoms with Crippen LogP contribution in [0.3, 0.4) is 0 Å². The fraction of sp³-hybridized carbons (Fsp3) is 0.688. The Morgan fingerprint density at radius 3 is 2.68 bits per heavy atom. The Labute approximate surface area is 114 Å². The van der Waals surface area contributed by atoms with Crippen LogP contribution in [0.15, 0.2) is 24.5 Å². The first-order chi connectivity index (χ1) is 9.15. The summed E-state index contributed by atoms with van der Waals surface area (Å²) in [6.45, 7) is 0.878. The summed E-state index contributed by atoms with van der Waals surface area (Å²) < 4.78 is 0. The van der Waals surface area contributed by atoms with Crippen LogP contribution in [-0.2, 0) is 6.54 Å². The molecule has 0 amide bonds. The van der Waals surface area contributed by atoms with Gasteiger partial charge in [0.25, 0.3) is 0 Å². The number of aliphatic hydroxyl groups is 1. The fourth-order valence-corrected chi connectivity index (χ4v) is 5.21. The highest BCUT2D eigenvalue weighted by atomic mass is 16.3. The van der Waals surface area contributed by atoms with Gasteiger partial charge < -0.3 is 10.4 Å². The van der Waals surface area contributed by atoms with Crippen LogP contribution in [0.2, 0.25) is 0 Å². The van der Waals surface area contributed by atoms with Crippen LogP contribution in [0.1, 0.15) is 44.1 Å². The van der Waals surface area contributed by atoms with Gasteiger partial charge in [0, 0.05) is 24.5 Å². The predicted octanol–water partition coefficient (Wildman–Crippen LogP) is 2.25. The largest absolute Gasteiger partial charge is 0.390 e. The van der Waals surface area contributed by atoms with Crippen molar-refractivity contribution in [2.45, 2.75) is 56.2 Å². The number of hydrogen-bond donors (Lipinski definition) is 2. The average molecular weight is 258 g/mol. The molecule has 0 radical (unpaired) electrons. The van der Waals surface area contributed by atoms with E-state index in [9.17, 15) is 5.11 Å². The van der Waals surface area contributed by atoms with Crippen LogP contribution in [-0.4, -0.2) is 21.2 Å². The summed E-state index contributed by atoms with van der Waals surface area (Å²) in [6, 6.07) is 4.11. The lowest BCUT2D eigenvalue weighted by Crippen LogP contribution is -2.64. The summed E-state index contributed by atoms with van der Waals surface area (Å²) in [5, 5.41) is 14.5. The Morgan fingerprint density at radius 2 is 2.05 bits per heavy atom. The molecular formula is C16H22N2O. The molecule has 2 atom stereocenters. The quantitative estimate of drug-likeness (QED) is 0.874. The van der Waals surface area contributed by atoms with Crippen molar-refractivity contribution in [3.05, 3.63) is 30.1 Å². The average Bonchev–Trinajstić information content (AvgIpc) is 2.35. The minimum Gasteiger partial charge on any atom is -0.390 e. The Balaban J connectivity index is 1.51. The Kier molecular flexibility index (Phi) is 2.52. The zero-order valence-electron chi connectivity index (χ0n) is 11.3. The molecule has 4 aliphatic carbocycles. The molecule has 19 heavy (non-hydrogen) atoms. The first-order valence-corrected chi connectivity index (χ1v) is 7.51. The number of nitrogens with one attached hydrogen (secondary N) is 1. The Morgan fingerprint density at radius 1 is 1.26 bits per heavy atom. The zero-order valence-corrected chi connectivity index (χ0v) is 11.3. The van der Waals surface area contributed by atoms with E-state index in [1.54, 1.807) is 0 Å². The lowest BCUT2D eigenvalue weighted by atomic mass is 9.51. The lowest BCUT2D eigenvalue weighted by molar-refractivity contribution is -0.142.